The number of ketones is 1. The molecule has 1 aromatic rings. The number of carbonyl (C=O) groups excluding carboxylic acids is 2. The Morgan fingerprint density at radius 3 is 2.24 bits per heavy atom. The number of aromatic nitrogens is 1. The molecule has 0 unspecified atom stereocenters. The van der Waals surface area contributed by atoms with E-state index in [4.69, 9.17) is 15.2 Å². The van der Waals surface area contributed by atoms with E-state index >= 15 is 0 Å². The molecule has 0 saturated heterocycles. The molecule has 1 aromatic heterocycles. The molecule has 0 aliphatic carbocycles. The lowest BCUT2D eigenvalue weighted by Gasteiger charge is -2.24. The smallest absolute Gasteiger partial charge is 0.410 e. The summed E-state index contributed by atoms with van der Waals surface area (Å²) in [6.45, 7) is 4.83. The Balaban J connectivity index is 3.81. The topological polar surface area (TPSA) is 94.8 Å². The molecule has 0 aliphatic rings. The second-order valence-corrected chi connectivity index (χ2v) is 6.43. The lowest BCUT2D eigenvalue weighted by atomic mass is 9.85. The molecule has 0 spiro atoms. The Kier molecular flexibility index (Phi) is 6.06. The van der Waals surface area contributed by atoms with Crippen LogP contribution in [0.3, 0.4) is 0 Å². The van der Waals surface area contributed by atoms with Crippen molar-refractivity contribution in [3.05, 3.63) is 29.1 Å². The summed E-state index contributed by atoms with van der Waals surface area (Å²) in [6.07, 6.45) is -0.382. The highest BCUT2D eigenvalue weighted by molar-refractivity contribution is 6.08. The second-order valence-electron chi connectivity index (χ2n) is 6.43. The number of nitrogens with zero attached hydrogens (tertiary/aromatic N) is 2. The lowest BCUT2D eigenvalue weighted by Crippen LogP contribution is -2.25. The number of rotatable bonds is 5. The van der Waals surface area contributed by atoms with Gasteiger partial charge in [-0.25, -0.2) is 18.6 Å². The molecule has 138 valence electrons. The van der Waals surface area contributed by atoms with Crippen LogP contribution >= 0.6 is 0 Å². The van der Waals surface area contributed by atoms with Gasteiger partial charge in [0.2, 0.25) is 5.78 Å². The molecule has 1 rings (SSSR count). The third kappa shape index (κ3) is 4.65. The van der Waals surface area contributed by atoms with Gasteiger partial charge in [-0.1, -0.05) is 20.8 Å². The molecule has 1 heterocycles. The van der Waals surface area contributed by atoms with Crippen molar-refractivity contribution in [1.82, 2.24) is 9.88 Å². The number of hydrogen-bond acceptors (Lipinski definition) is 6. The number of ether oxygens (including phenoxy) is 2. The van der Waals surface area contributed by atoms with Gasteiger partial charge in [-0.05, 0) is 5.41 Å². The predicted molar refractivity (Wildman–Crippen MR) is 86.9 cm³/mol. The van der Waals surface area contributed by atoms with Crippen LogP contribution in [-0.2, 0) is 5.41 Å². The Morgan fingerprint density at radius 1 is 1.28 bits per heavy atom. The molecule has 0 aromatic carbocycles. The molecule has 25 heavy (non-hydrogen) atoms. The molecule has 7 nitrogen and oxygen atoms in total. The minimum absolute atomic E-state index is 0.181. The van der Waals surface area contributed by atoms with Crippen molar-refractivity contribution in [3.8, 4) is 11.6 Å². The fourth-order valence-corrected chi connectivity index (χ4v) is 2.08. The fourth-order valence-electron chi connectivity index (χ4n) is 2.08. The molecular formula is C16H21F2N3O4. The van der Waals surface area contributed by atoms with Crippen LogP contribution in [-0.4, -0.2) is 43.0 Å². The zero-order chi connectivity index (χ0) is 19.5. The van der Waals surface area contributed by atoms with Crippen molar-refractivity contribution in [3.63, 3.8) is 0 Å². The average Bonchev–Trinajstić information content (AvgIpc) is 2.44. The average molecular weight is 357 g/mol. The summed E-state index contributed by atoms with van der Waals surface area (Å²) >= 11 is 0. The van der Waals surface area contributed by atoms with Gasteiger partial charge in [-0.15, -0.1) is 0 Å². The summed E-state index contributed by atoms with van der Waals surface area (Å²) in [5, 5.41) is 0. The number of Topliss-reactive ketones (excluding diaryl/α,β-unsaturated/α-hetero) is 1. The van der Waals surface area contributed by atoms with E-state index < -0.39 is 46.3 Å². The third-order valence-corrected chi connectivity index (χ3v) is 3.01. The Morgan fingerprint density at radius 2 is 1.84 bits per heavy atom. The van der Waals surface area contributed by atoms with Crippen LogP contribution in [0.2, 0.25) is 0 Å². The maximum Gasteiger partial charge on any atom is 0.410 e. The van der Waals surface area contributed by atoms with E-state index in [0.29, 0.717) is 0 Å². The molecule has 0 aliphatic heterocycles. The van der Waals surface area contributed by atoms with Crippen LogP contribution in [0.5, 0.6) is 11.6 Å². The first-order valence-electron chi connectivity index (χ1n) is 7.23. The van der Waals surface area contributed by atoms with Crippen LogP contribution in [0.15, 0.2) is 12.0 Å². The first-order chi connectivity index (χ1) is 11.4. The third-order valence-electron chi connectivity index (χ3n) is 3.01. The highest BCUT2D eigenvalue weighted by atomic mass is 19.1. The van der Waals surface area contributed by atoms with E-state index in [0.717, 1.165) is 13.3 Å². The Labute approximate surface area is 144 Å². The molecular weight excluding hydrogens is 336 g/mol. The number of halogens is 2. The van der Waals surface area contributed by atoms with E-state index in [9.17, 15) is 18.4 Å². The van der Waals surface area contributed by atoms with Gasteiger partial charge in [0.25, 0.3) is 5.88 Å². The van der Waals surface area contributed by atoms with Gasteiger partial charge in [0.15, 0.2) is 23.1 Å². The molecule has 0 saturated carbocycles. The second kappa shape index (κ2) is 7.45. The van der Waals surface area contributed by atoms with Crippen LogP contribution < -0.4 is 15.2 Å². The minimum Gasteiger partial charge on any atom is -0.479 e. The Bertz CT molecular complexity index is 725. The zero-order valence-corrected chi connectivity index (χ0v) is 14.9. The number of amides is 1. The van der Waals surface area contributed by atoms with Crippen molar-refractivity contribution in [2.75, 3.05) is 21.2 Å². The van der Waals surface area contributed by atoms with Crippen LogP contribution in [0, 0.1) is 5.82 Å². The monoisotopic (exact) mass is 357 g/mol. The molecule has 0 fully saturated rings. The van der Waals surface area contributed by atoms with Crippen molar-refractivity contribution in [2.24, 2.45) is 5.73 Å². The largest absolute Gasteiger partial charge is 0.479 e. The zero-order valence-electron chi connectivity index (χ0n) is 14.9. The number of carbonyl (C=O) groups is 2. The maximum absolute atomic E-state index is 14.7. The highest BCUT2D eigenvalue weighted by Gasteiger charge is 2.34. The van der Waals surface area contributed by atoms with E-state index in [2.05, 4.69) is 4.98 Å². The summed E-state index contributed by atoms with van der Waals surface area (Å²) in [5.74, 6) is -4.37. The van der Waals surface area contributed by atoms with Gasteiger partial charge in [-0.2, -0.15) is 0 Å². The number of pyridine rings is 1. The van der Waals surface area contributed by atoms with Crippen molar-refractivity contribution < 1.29 is 27.8 Å². The first-order valence-corrected chi connectivity index (χ1v) is 7.23. The van der Waals surface area contributed by atoms with Gasteiger partial charge >= 0.3 is 6.09 Å². The number of hydrogen-bond donors (Lipinski definition) is 1. The van der Waals surface area contributed by atoms with E-state index in [1.807, 2.05) is 0 Å². The van der Waals surface area contributed by atoms with Gasteiger partial charge in [-0.3, -0.25) is 4.79 Å². The summed E-state index contributed by atoms with van der Waals surface area (Å²) in [7, 11) is 4.16. The molecule has 9 heteroatoms. The summed E-state index contributed by atoms with van der Waals surface area (Å²) in [4.78, 5) is 28.6. The molecule has 0 atom stereocenters. The number of nitrogens with two attached hydrogens (primary N) is 1. The highest BCUT2D eigenvalue weighted by Crippen LogP contribution is 2.39. The molecule has 2 N–H and O–H groups in total. The lowest BCUT2D eigenvalue weighted by molar-refractivity contribution is 0.0993. The first kappa shape index (κ1) is 20.3. The summed E-state index contributed by atoms with van der Waals surface area (Å²) in [5.41, 5.74) is 3.29. The SMILES string of the molecule is COc1nc(C(=O)C(F)=CN(C)C)c(OC(N)=O)c(C(C)(C)C)c1F. The summed E-state index contributed by atoms with van der Waals surface area (Å²) < 4.78 is 38.5. The van der Waals surface area contributed by atoms with Crippen LogP contribution in [0.25, 0.3) is 0 Å². The number of allylic oxidation sites excluding steroid dienone is 1. The van der Waals surface area contributed by atoms with Crippen LogP contribution in [0.4, 0.5) is 13.6 Å². The fraction of sp³-hybridized carbons (Fsp3) is 0.438. The van der Waals surface area contributed by atoms with Crippen molar-refractivity contribution in [1.29, 1.82) is 0 Å². The van der Waals surface area contributed by atoms with E-state index in [1.54, 1.807) is 20.8 Å². The van der Waals surface area contributed by atoms with Gasteiger partial charge in [0.05, 0.1) is 7.11 Å². The standard InChI is InChI=1S/C16H21F2N3O4/c1-16(2,3)9-10(18)14(24-6)20-11(13(9)25-15(19)23)12(22)8(17)7-21(4)5/h7H,1-6H3,(H2,19,23). The quantitative estimate of drug-likeness (QED) is 0.643. The Hall–Kier alpha value is -2.71. The molecule has 0 bridgehead atoms. The molecule has 1 amide bonds. The van der Waals surface area contributed by atoms with Crippen molar-refractivity contribution in [2.45, 2.75) is 26.2 Å². The maximum atomic E-state index is 14.7. The van der Waals surface area contributed by atoms with Crippen molar-refractivity contribution >= 4 is 11.9 Å². The number of primary amides is 1. The minimum atomic E-state index is -1.29. The van der Waals surface area contributed by atoms with Gasteiger partial charge in [0, 0.05) is 25.9 Å². The van der Waals surface area contributed by atoms with Gasteiger partial charge in [0.1, 0.15) is 0 Å². The number of methoxy groups -OCH3 is 1. The van der Waals surface area contributed by atoms with Gasteiger partial charge < -0.3 is 20.1 Å². The van der Waals surface area contributed by atoms with E-state index in [1.165, 1.54) is 19.0 Å². The predicted octanol–water partition coefficient (Wildman–Crippen LogP) is 2.54. The summed E-state index contributed by atoms with van der Waals surface area (Å²) in [6, 6.07) is 0. The normalized spacial score (nSPS) is 11.9. The molecule has 0 radical (unpaired) electrons. The van der Waals surface area contributed by atoms with Crippen LogP contribution in [0.1, 0.15) is 36.8 Å². The van der Waals surface area contributed by atoms with E-state index in [-0.39, 0.29) is 5.56 Å².